The van der Waals surface area contributed by atoms with Gasteiger partial charge in [-0.3, -0.25) is 0 Å². The first-order valence-electron chi connectivity index (χ1n) is 9.51. The first kappa shape index (κ1) is 15.5. The second kappa shape index (κ2) is 5.91. The number of hydrogen-bond acceptors (Lipinski definition) is 2. The second-order valence-corrected chi connectivity index (χ2v) is 7.53. The standard InChI is InChI=1S/C24H24N2/c1-17-23-13-20-16-26(22-11-7-4-8-12-22)18(2)24(20)14-19(23)15-25(17)21-9-5-3-6-10-21/h3-14,17-18H,15-16H2,1-2H3. The second-order valence-electron chi connectivity index (χ2n) is 7.53. The normalized spacial score (nSPS) is 21.0. The smallest absolute Gasteiger partial charge is 0.0521 e. The molecule has 3 aromatic rings. The molecule has 2 heteroatoms. The van der Waals surface area contributed by atoms with Crippen LogP contribution in [0.2, 0.25) is 0 Å². The molecule has 2 aliphatic heterocycles. The molecular formula is C24H24N2. The Morgan fingerprint density at radius 1 is 0.615 bits per heavy atom. The summed E-state index contributed by atoms with van der Waals surface area (Å²) < 4.78 is 0. The van der Waals surface area contributed by atoms with Gasteiger partial charge < -0.3 is 9.80 Å². The van der Waals surface area contributed by atoms with Crippen LogP contribution in [-0.4, -0.2) is 0 Å². The summed E-state index contributed by atoms with van der Waals surface area (Å²) in [6, 6.07) is 27.4. The Bertz CT molecular complexity index is 854. The number of benzene rings is 3. The predicted molar refractivity (Wildman–Crippen MR) is 109 cm³/mol. The average molecular weight is 340 g/mol. The summed E-state index contributed by atoms with van der Waals surface area (Å²) in [5.41, 5.74) is 8.60. The lowest BCUT2D eigenvalue weighted by molar-refractivity contribution is 0.725. The van der Waals surface area contributed by atoms with Crippen molar-refractivity contribution in [3.8, 4) is 0 Å². The third-order valence-corrected chi connectivity index (χ3v) is 6.09. The van der Waals surface area contributed by atoms with E-state index in [1.807, 2.05) is 0 Å². The maximum absolute atomic E-state index is 2.51. The van der Waals surface area contributed by atoms with Crippen LogP contribution in [0.4, 0.5) is 11.4 Å². The molecular weight excluding hydrogens is 316 g/mol. The minimum atomic E-state index is 0.429. The molecule has 0 amide bonds. The Morgan fingerprint density at radius 3 is 1.38 bits per heavy atom. The Kier molecular flexibility index (Phi) is 3.53. The fourth-order valence-corrected chi connectivity index (χ4v) is 4.62. The molecule has 130 valence electrons. The molecule has 0 bridgehead atoms. The monoisotopic (exact) mass is 340 g/mol. The van der Waals surface area contributed by atoms with Gasteiger partial charge in [-0.1, -0.05) is 48.5 Å². The fraction of sp³-hybridized carbons (Fsp3) is 0.250. The molecule has 0 saturated heterocycles. The Hall–Kier alpha value is -2.74. The molecule has 2 atom stereocenters. The number of fused-ring (bicyclic) bond motifs is 2. The Morgan fingerprint density at radius 2 is 1.00 bits per heavy atom. The molecule has 2 aliphatic rings. The predicted octanol–water partition coefficient (Wildman–Crippen LogP) is 5.85. The molecule has 0 fully saturated rings. The molecule has 0 saturated carbocycles. The lowest BCUT2D eigenvalue weighted by Gasteiger charge is -2.24. The molecule has 5 rings (SSSR count). The summed E-state index contributed by atoms with van der Waals surface area (Å²) in [6.07, 6.45) is 0. The minimum Gasteiger partial charge on any atom is -0.360 e. The Labute approximate surface area is 155 Å². The van der Waals surface area contributed by atoms with E-state index in [2.05, 4.69) is 96.4 Å². The third kappa shape index (κ3) is 2.33. The van der Waals surface area contributed by atoms with Crippen LogP contribution in [-0.2, 0) is 13.1 Å². The Balaban J connectivity index is 1.49. The third-order valence-electron chi connectivity index (χ3n) is 6.09. The van der Waals surface area contributed by atoms with Gasteiger partial charge in [-0.05, 0) is 60.4 Å². The summed E-state index contributed by atoms with van der Waals surface area (Å²) in [5, 5.41) is 0. The zero-order valence-corrected chi connectivity index (χ0v) is 15.4. The van der Waals surface area contributed by atoms with Gasteiger partial charge in [-0.25, -0.2) is 0 Å². The largest absolute Gasteiger partial charge is 0.360 e. The number of nitrogens with zero attached hydrogens (tertiary/aromatic N) is 2. The van der Waals surface area contributed by atoms with E-state index in [1.165, 1.54) is 33.6 Å². The summed E-state index contributed by atoms with van der Waals surface area (Å²) >= 11 is 0. The topological polar surface area (TPSA) is 6.48 Å². The van der Waals surface area contributed by atoms with Crippen LogP contribution in [0.15, 0.2) is 72.8 Å². The molecule has 2 nitrogen and oxygen atoms in total. The summed E-state index contributed by atoms with van der Waals surface area (Å²) in [7, 11) is 0. The summed E-state index contributed by atoms with van der Waals surface area (Å²) in [4.78, 5) is 5.03. The van der Waals surface area contributed by atoms with Crippen molar-refractivity contribution in [3.63, 3.8) is 0 Å². The number of anilines is 2. The van der Waals surface area contributed by atoms with E-state index in [0.29, 0.717) is 12.1 Å². The van der Waals surface area contributed by atoms with Crippen molar-refractivity contribution < 1.29 is 0 Å². The highest BCUT2D eigenvalue weighted by molar-refractivity contribution is 5.60. The van der Waals surface area contributed by atoms with E-state index in [1.54, 1.807) is 0 Å². The highest BCUT2D eigenvalue weighted by Gasteiger charge is 2.33. The lowest BCUT2D eigenvalue weighted by atomic mass is 9.97. The highest BCUT2D eigenvalue weighted by atomic mass is 15.2. The maximum Gasteiger partial charge on any atom is 0.0521 e. The highest BCUT2D eigenvalue weighted by Crippen LogP contribution is 2.43. The van der Waals surface area contributed by atoms with Gasteiger partial charge in [-0.2, -0.15) is 0 Å². The molecule has 0 aliphatic carbocycles. The summed E-state index contributed by atoms with van der Waals surface area (Å²) in [6.45, 7) is 6.68. The fourth-order valence-electron chi connectivity index (χ4n) is 4.62. The summed E-state index contributed by atoms with van der Waals surface area (Å²) in [5.74, 6) is 0. The van der Waals surface area contributed by atoms with Crippen LogP contribution in [0.5, 0.6) is 0 Å². The number of para-hydroxylation sites is 2. The van der Waals surface area contributed by atoms with E-state index in [0.717, 1.165) is 13.1 Å². The number of rotatable bonds is 2. The van der Waals surface area contributed by atoms with Crippen LogP contribution in [0.3, 0.4) is 0 Å². The molecule has 0 N–H and O–H groups in total. The van der Waals surface area contributed by atoms with Gasteiger partial charge in [0.15, 0.2) is 0 Å². The number of hydrogen-bond donors (Lipinski definition) is 0. The van der Waals surface area contributed by atoms with Crippen molar-refractivity contribution in [3.05, 3.63) is 95.1 Å². The molecule has 26 heavy (non-hydrogen) atoms. The van der Waals surface area contributed by atoms with Crippen LogP contribution in [0.1, 0.15) is 48.2 Å². The molecule has 2 unspecified atom stereocenters. The lowest BCUT2D eigenvalue weighted by Crippen LogP contribution is -2.19. The molecule has 0 spiro atoms. The molecule has 0 radical (unpaired) electrons. The first-order chi connectivity index (χ1) is 12.7. The zero-order valence-electron chi connectivity index (χ0n) is 15.4. The van der Waals surface area contributed by atoms with E-state index in [9.17, 15) is 0 Å². The van der Waals surface area contributed by atoms with Gasteiger partial charge in [0.1, 0.15) is 0 Å². The molecule has 2 heterocycles. The van der Waals surface area contributed by atoms with Gasteiger partial charge in [0, 0.05) is 24.5 Å². The van der Waals surface area contributed by atoms with Crippen molar-refractivity contribution in [2.75, 3.05) is 9.80 Å². The van der Waals surface area contributed by atoms with Crippen LogP contribution in [0.25, 0.3) is 0 Å². The van der Waals surface area contributed by atoms with Gasteiger partial charge in [0.25, 0.3) is 0 Å². The van der Waals surface area contributed by atoms with E-state index < -0.39 is 0 Å². The van der Waals surface area contributed by atoms with Gasteiger partial charge in [0.05, 0.1) is 12.1 Å². The van der Waals surface area contributed by atoms with Gasteiger partial charge >= 0.3 is 0 Å². The molecule has 3 aromatic carbocycles. The van der Waals surface area contributed by atoms with Crippen molar-refractivity contribution in [2.24, 2.45) is 0 Å². The molecule has 0 aromatic heterocycles. The average Bonchev–Trinajstić information content (AvgIpc) is 3.19. The quantitative estimate of drug-likeness (QED) is 0.577. The van der Waals surface area contributed by atoms with Crippen LogP contribution >= 0.6 is 0 Å². The van der Waals surface area contributed by atoms with Crippen molar-refractivity contribution in [1.29, 1.82) is 0 Å². The van der Waals surface area contributed by atoms with E-state index >= 15 is 0 Å². The van der Waals surface area contributed by atoms with E-state index in [4.69, 9.17) is 0 Å². The maximum atomic E-state index is 2.51. The van der Waals surface area contributed by atoms with Crippen molar-refractivity contribution in [1.82, 2.24) is 0 Å². The van der Waals surface area contributed by atoms with Crippen molar-refractivity contribution >= 4 is 11.4 Å². The van der Waals surface area contributed by atoms with Crippen LogP contribution < -0.4 is 9.80 Å². The zero-order chi connectivity index (χ0) is 17.7. The van der Waals surface area contributed by atoms with Gasteiger partial charge in [0.2, 0.25) is 0 Å². The van der Waals surface area contributed by atoms with E-state index in [-0.39, 0.29) is 0 Å². The van der Waals surface area contributed by atoms with Gasteiger partial charge in [-0.15, -0.1) is 0 Å². The SMILES string of the molecule is CC1c2cc3c(cc2CN1c1ccccc1)C(C)N(c1ccccc1)C3. The minimum absolute atomic E-state index is 0.429. The first-order valence-corrected chi connectivity index (χ1v) is 9.51. The van der Waals surface area contributed by atoms with Crippen molar-refractivity contribution in [2.45, 2.75) is 39.0 Å². The van der Waals surface area contributed by atoms with Crippen LogP contribution in [0, 0.1) is 0 Å².